The number of aromatic amines is 1. The molecule has 0 fully saturated rings. The standard InChI is InChI=1S/C14H19N3O/c1-8-4-5-12-11(6-8)13(10(3)17-12)14(18)16-9(2)7-15/h4-6,9,17H,7,15H2,1-3H3,(H,16,18). The molecule has 4 N–H and O–H groups in total. The maximum absolute atomic E-state index is 12.2. The van der Waals surface area contributed by atoms with Crippen LogP contribution in [-0.4, -0.2) is 23.5 Å². The van der Waals surface area contributed by atoms with Crippen LogP contribution in [0.4, 0.5) is 0 Å². The van der Waals surface area contributed by atoms with E-state index in [0.717, 1.165) is 22.2 Å². The first-order valence-electron chi connectivity index (χ1n) is 6.12. The lowest BCUT2D eigenvalue weighted by Gasteiger charge is -2.11. The minimum Gasteiger partial charge on any atom is -0.358 e. The molecule has 18 heavy (non-hydrogen) atoms. The zero-order valence-corrected chi connectivity index (χ0v) is 11.0. The molecule has 1 heterocycles. The lowest BCUT2D eigenvalue weighted by Crippen LogP contribution is -2.37. The summed E-state index contributed by atoms with van der Waals surface area (Å²) in [7, 11) is 0. The SMILES string of the molecule is Cc1ccc2[nH]c(C)c(C(=O)NC(C)CN)c2c1. The highest BCUT2D eigenvalue weighted by Crippen LogP contribution is 2.23. The van der Waals surface area contributed by atoms with Gasteiger partial charge in [0.25, 0.3) is 5.91 Å². The van der Waals surface area contributed by atoms with Gasteiger partial charge in [-0.1, -0.05) is 11.6 Å². The summed E-state index contributed by atoms with van der Waals surface area (Å²) in [4.78, 5) is 15.5. The maximum Gasteiger partial charge on any atom is 0.253 e. The van der Waals surface area contributed by atoms with Gasteiger partial charge >= 0.3 is 0 Å². The molecular formula is C14H19N3O. The van der Waals surface area contributed by atoms with Gasteiger partial charge in [0.15, 0.2) is 0 Å². The number of nitrogens with one attached hydrogen (secondary N) is 2. The Hall–Kier alpha value is -1.81. The van der Waals surface area contributed by atoms with Gasteiger partial charge in [-0.2, -0.15) is 0 Å². The van der Waals surface area contributed by atoms with Crippen molar-refractivity contribution < 1.29 is 4.79 Å². The molecule has 1 atom stereocenters. The van der Waals surface area contributed by atoms with Crippen molar-refractivity contribution in [3.63, 3.8) is 0 Å². The largest absolute Gasteiger partial charge is 0.358 e. The summed E-state index contributed by atoms with van der Waals surface area (Å²) < 4.78 is 0. The molecule has 2 aromatic rings. The van der Waals surface area contributed by atoms with E-state index in [1.165, 1.54) is 0 Å². The van der Waals surface area contributed by atoms with E-state index in [-0.39, 0.29) is 11.9 Å². The van der Waals surface area contributed by atoms with Crippen LogP contribution < -0.4 is 11.1 Å². The zero-order chi connectivity index (χ0) is 13.3. The number of aromatic nitrogens is 1. The summed E-state index contributed by atoms with van der Waals surface area (Å²) in [6.45, 7) is 6.27. The first kappa shape index (κ1) is 12.6. The molecular weight excluding hydrogens is 226 g/mol. The van der Waals surface area contributed by atoms with E-state index in [4.69, 9.17) is 5.73 Å². The van der Waals surface area contributed by atoms with Gasteiger partial charge in [-0.3, -0.25) is 4.79 Å². The third-order valence-electron chi connectivity index (χ3n) is 3.10. The molecule has 0 bridgehead atoms. The number of fused-ring (bicyclic) bond motifs is 1. The van der Waals surface area contributed by atoms with Gasteiger partial charge in [-0.05, 0) is 32.9 Å². The normalized spacial score (nSPS) is 12.7. The first-order chi connectivity index (χ1) is 8.52. The van der Waals surface area contributed by atoms with E-state index in [1.807, 2.05) is 39.0 Å². The lowest BCUT2D eigenvalue weighted by molar-refractivity contribution is 0.0942. The predicted octanol–water partition coefficient (Wildman–Crippen LogP) is 1.86. The molecule has 0 saturated heterocycles. The Balaban J connectivity index is 2.46. The van der Waals surface area contributed by atoms with Crippen molar-refractivity contribution in [1.29, 1.82) is 0 Å². The van der Waals surface area contributed by atoms with E-state index >= 15 is 0 Å². The fourth-order valence-corrected chi connectivity index (χ4v) is 2.09. The van der Waals surface area contributed by atoms with Gasteiger partial charge in [0.2, 0.25) is 0 Å². The molecule has 0 saturated carbocycles. The highest BCUT2D eigenvalue weighted by Gasteiger charge is 2.17. The number of amides is 1. The minimum absolute atomic E-state index is 0.0216. The lowest BCUT2D eigenvalue weighted by atomic mass is 10.1. The van der Waals surface area contributed by atoms with Crippen LogP contribution in [0, 0.1) is 13.8 Å². The first-order valence-corrected chi connectivity index (χ1v) is 6.12. The van der Waals surface area contributed by atoms with Gasteiger partial charge in [0.05, 0.1) is 5.56 Å². The molecule has 4 nitrogen and oxygen atoms in total. The number of hydrogen-bond acceptors (Lipinski definition) is 2. The van der Waals surface area contributed by atoms with Gasteiger partial charge in [-0.15, -0.1) is 0 Å². The summed E-state index contributed by atoms with van der Waals surface area (Å²) in [6, 6.07) is 6.04. The van der Waals surface area contributed by atoms with Crippen LogP contribution >= 0.6 is 0 Å². The second kappa shape index (κ2) is 4.82. The summed E-state index contributed by atoms with van der Waals surface area (Å²) in [5.41, 5.74) is 9.26. The Morgan fingerprint density at radius 3 is 2.83 bits per heavy atom. The highest BCUT2D eigenvalue weighted by atomic mass is 16.1. The van der Waals surface area contributed by atoms with E-state index in [2.05, 4.69) is 10.3 Å². The maximum atomic E-state index is 12.2. The summed E-state index contributed by atoms with van der Waals surface area (Å²) >= 11 is 0. The van der Waals surface area contributed by atoms with Gasteiger partial charge in [-0.25, -0.2) is 0 Å². The van der Waals surface area contributed by atoms with Crippen molar-refractivity contribution in [2.75, 3.05) is 6.54 Å². The Kier molecular flexibility index (Phi) is 3.39. The van der Waals surface area contributed by atoms with Gasteiger partial charge in [0, 0.05) is 29.2 Å². The van der Waals surface area contributed by atoms with Crippen LogP contribution in [0.5, 0.6) is 0 Å². The van der Waals surface area contributed by atoms with Crippen molar-refractivity contribution in [3.8, 4) is 0 Å². The third kappa shape index (κ3) is 2.24. The number of carbonyl (C=O) groups excluding carboxylic acids is 1. The number of nitrogens with two attached hydrogens (primary N) is 1. The molecule has 0 aliphatic carbocycles. The summed E-state index contributed by atoms with van der Waals surface area (Å²) in [6.07, 6.45) is 0. The van der Waals surface area contributed by atoms with Crippen molar-refractivity contribution >= 4 is 16.8 Å². The Labute approximate surface area is 107 Å². The Morgan fingerprint density at radius 1 is 1.44 bits per heavy atom. The average molecular weight is 245 g/mol. The molecule has 0 spiro atoms. The Morgan fingerprint density at radius 2 is 2.17 bits per heavy atom. The molecule has 1 amide bonds. The number of H-pyrrole nitrogens is 1. The van der Waals surface area contributed by atoms with Crippen LogP contribution in [0.15, 0.2) is 18.2 Å². The van der Waals surface area contributed by atoms with Crippen LogP contribution in [0.2, 0.25) is 0 Å². The van der Waals surface area contributed by atoms with Gasteiger partial charge < -0.3 is 16.0 Å². The predicted molar refractivity (Wildman–Crippen MR) is 73.8 cm³/mol. The van der Waals surface area contributed by atoms with Crippen molar-refractivity contribution in [1.82, 2.24) is 10.3 Å². The molecule has 96 valence electrons. The van der Waals surface area contributed by atoms with Crippen molar-refractivity contribution in [2.24, 2.45) is 5.73 Å². The highest BCUT2D eigenvalue weighted by molar-refractivity contribution is 6.08. The smallest absolute Gasteiger partial charge is 0.253 e. The van der Waals surface area contributed by atoms with Crippen LogP contribution in [-0.2, 0) is 0 Å². The van der Waals surface area contributed by atoms with E-state index in [9.17, 15) is 4.79 Å². The number of hydrogen-bond donors (Lipinski definition) is 3. The number of rotatable bonds is 3. The Bertz CT molecular complexity index is 586. The van der Waals surface area contributed by atoms with Crippen molar-refractivity contribution in [2.45, 2.75) is 26.8 Å². The third-order valence-corrected chi connectivity index (χ3v) is 3.10. The molecule has 1 aromatic heterocycles. The van der Waals surface area contributed by atoms with Gasteiger partial charge in [0.1, 0.15) is 0 Å². The number of aryl methyl sites for hydroxylation is 2. The fraction of sp³-hybridized carbons (Fsp3) is 0.357. The van der Waals surface area contributed by atoms with Crippen molar-refractivity contribution in [3.05, 3.63) is 35.0 Å². The van der Waals surface area contributed by atoms with E-state index in [1.54, 1.807) is 0 Å². The second-order valence-electron chi connectivity index (χ2n) is 4.78. The molecule has 0 aliphatic rings. The quantitative estimate of drug-likeness (QED) is 0.772. The van der Waals surface area contributed by atoms with Crippen LogP contribution in [0.1, 0.15) is 28.5 Å². The van der Waals surface area contributed by atoms with Crippen LogP contribution in [0.25, 0.3) is 10.9 Å². The van der Waals surface area contributed by atoms with E-state index < -0.39 is 0 Å². The summed E-state index contributed by atoms with van der Waals surface area (Å²) in [5.74, 6) is -0.0673. The zero-order valence-electron chi connectivity index (χ0n) is 11.0. The molecule has 0 aliphatic heterocycles. The second-order valence-corrected chi connectivity index (χ2v) is 4.78. The monoisotopic (exact) mass is 245 g/mol. The molecule has 1 aromatic carbocycles. The topological polar surface area (TPSA) is 70.9 Å². The molecule has 1 unspecified atom stereocenters. The van der Waals surface area contributed by atoms with E-state index in [0.29, 0.717) is 12.1 Å². The fourth-order valence-electron chi connectivity index (χ4n) is 2.09. The average Bonchev–Trinajstić information content (AvgIpc) is 2.64. The number of benzene rings is 1. The molecule has 4 heteroatoms. The number of carbonyl (C=O) groups is 1. The molecule has 2 rings (SSSR count). The van der Waals surface area contributed by atoms with Crippen LogP contribution in [0.3, 0.4) is 0 Å². The molecule has 0 radical (unpaired) electrons. The summed E-state index contributed by atoms with van der Waals surface area (Å²) in [5, 5.41) is 3.87. The minimum atomic E-state index is -0.0673.